The van der Waals surface area contributed by atoms with E-state index in [0.717, 1.165) is 25.8 Å². The molecule has 0 bridgehead atoms. The average molecular weight is 413 g/mol. The van der Waals surface area contributed by atoms with Crippen LogP contribution in [0.15, 0.2) is 45.3 Å². The van der Waals surface area contributed by atoms with Crippen molar-refractivity contribution in [3.05, 3.63) is 62.0 Å². The normalized spacial score (nSPS) is 10.5. The Hall–Kier alpha value is -1.17. The van der Waals surface area contributed by atoms with Crippen LogP contribution in [-0.2, 0) is 11.3 Å². The standard InChI is InChI=1S/C16H15Br2NO2/c1-10-8-11(6-7-13(10)17)16(20)19-15-5-3-4-14(18)12(15)9-21-2/h3-8H,9H2,1-2H3,(H,19,20). The number of nitrogens with one attached hydrogen (secondary N) is 1. The highest BCUT2D eigenvalue weighted by Crippen LogP contribution is 2.26. The fraction of sp³-hybridized carbons (Fsp3) is 0.188. The second-order valence-electron chi connectivity index (χ2n) is 4.62. The Morgan fingerprint density at radius 1 is 1.19 bits per heavy atom. The monoisotopic (exact) mass is 411 g/mol. The Labute approximate surface area is 141 Å². The third-order valence-corrected chi connectivity index (χ3v) is 4.71. The van der Waals surface area contributed by atoms with Crippen molar-refractivity contribution < 1.29 is 9.53 Å². The van der Waals surface area contributed by atoms with Crippen molar-refractivity contribution in [3.63, 3.8) is 0 Å². The summed E-state index contributed by atoms with van der Waals surface area (Å²) in [5, 5.41) is 2.93. The number of anilines is 1. The number of carbonyl (C=O) groups excluding carboxylic acids is 1. The molecule has 0 aliphatic carbocycles. The third kappa shape index (κ3) is 3.93. The van der Waals surface area contributed by atoms with Crippen LogP contribution >= 0.6 is 31.9 Å². The van der Waals surface area contributed by atoms with E-state index in [4.69, 9.17) is 4.74 Å². The number of methoxy groups -OCH3 is 1. The van der Waals surface area contributed by atoms with Crippen molar-refractivity contribution in [1.82, 2.24) is 0 Å². The summed E-state index contributed by atoms with van der Waals surface area (Å²) >= 11 is 6.91. The molecule has 0 saturated carbocycles. The molecule has 5 heteroatoms. The lowest BCUT2D eigenvalue weighted by molar-refractivity contribution is 0.102. The van der Waals surface area contributed by atoms with Gasteiger partial charge in [0.25, 0.3) is 5.91 Å². The lowest BCUT2D eigenvalue weighted by Gasteiger charge is -2.12. The van der Waals surface area contributed by atoms with Crippen LogP contribution in [0.5, 0.6) is 0 Å². The van der Waals surface area contributed by atoms with Crippen LogP contribution in [0.1, 0.15) is 21.5 Å². The summed E-state index contributed by atoms with van der Waals surface area (Å²) in [5.74, 6) is -0.138. The fourth-order valence-electron chi connectivity index (χ4n) is 1.95. The molecular weight excluding hydrogens is 398 g/mol. The minimum Gasteiger partial charge on any atom is -0.380 e. The number of carbonyl (C=O) groups is 1. The van der Waals surface area contributed by atoms with Crippen LogP contribution in [0.25, 0.3) is 0 Å². The first-order valence-electron chi connectivity index (χ1n) is 6.36. The molecule has 0 saturated heterocycles. The number of halogens is 2. The van der Waals surface area contributed by atoms with E-state index in [1.54, 1.807) is 13.2 Å². The van der Waals surface area contributed by atoms with Crippen molar-refractivity contribution in [2.24, 2.45) is 0 Å². The van der Waals surface area contributed by atoms with Crippen molar-refractivity contribution in [2.75, 3.05) is 12.4 Å². The van der Waals surface area contributed by atoms with Crippen molar-refractivity contribution in [2.45, 2.75) is 13.5 Å². The maximum Gasteiger partial charge on any atom is 0.255 e. The zero-order valence-corrected chi connectivity index (χ0v) is 14.9. The summed E-state index contributed by atoms with van der Waals surface area (Å²) in [5.41, 5.74) is 3.31. The van der Waals surface area contributed by atoms with Crippen molar-refractivity contribution in [1.29, 1.82) is 0 Å². The van der Waals surface area contributed by atoms with Gasteiger partial charge in [-0.05, 0) is 42.8 Å². The second-order valence-corrected chi connectivity index (χ2v) is 6.33. The Kier molecular flexibility index (Phi) is 5.56. The van der Waals surface area contributed by atoms with E-state index in [9.17, 15) is 4.79 Å². The van der Waals surface area contributed by atoms with Gasteiger partial charge >= 0.3 is 0 Å². The predicted octanol–water partition coefficient (Wildman–Crippen LogP) is 4.92. The number of rotatable bonds is 4. The van der Waals surface area contributed by atoms with Crippen LogP contribution in [-0.4, -0.2) is 13.0 Å². The molecular formula is C16H15Br2NO2. The molecule has 2 aromatic carbocycles. The maximum atomic E-state index is 12.4. The molecule has 0 unspecified atom stereocenters. The number of ether oxygens (including phenoxy) is 1. The molecule has 0 radical (unpaired) electrons. The Balaban J connectivity index is 2.27. The minimum absolute atomic E-state index is 0.138. The Bertz CT molecular complexity index is 671. The first kappa shape index (κ1) is 16.2. The summed E-state index contributed by atoms with van der Waals surface area (Å²) in [6.45, 7) is 2.38. The van der Waals surface area contributed by atoms with Crippen molar-refractivity contribution >= 4 is 43.5 Å². The van der Waals surface area contributed by atoms with Crippen LogP contribution in [0.4, 0.5) is 5.69 Å². The van der Waals surface area contributed by atoms with Gasteiger partial charge in [-0.2, -0.15) is 0 Å². The summed E-state index contributed by atoms with van der Waals surface area (Å²) < 4.78 is 7.08. The Morgan fingerprint density at radius 2 is 1.95 bits per heavy atom. The molecule has 0 atom stereocenters. The first-order valence-corrected chi connectivity index (χ1v) is 7.95. The average Bonchev–Trinajstić information content (AvgIpc) is 2.45. The third-order valence-electron chi connectivity index (χ3n) is 3.08. The molecule has 0 fully saturated rings. The van der Waals surface area contributed by atoms with E-state index in [1.807, 2.05) is 37.3 Å². The zero-order chi connectivity index (χ0) is 15.4. The first-order chi connectivity index (χ1) is 10.0. The predicted molar refractivity (Wildman–Crippen MR) is 91.7 cm³/mol. The fourth-order valence-corrected chi connectivity index (χ4v) is 2.67. The van der Waals surface area contributed by atoms with Gasteiger partial charge in [-0.3, -0.25) is 4.79 Å². The van der Waals surface area contributed by atoms with Crippen LogP contribution in [0, 0.1) is 6.92 Å². The number of hydrogen-bond donors (Lipinski definition) is 1. The molecule has 0 aromatic heterocycles. The van der Waals surface area contributed by atoms with Gasteiger partial charge < -0.3 is 10.1 Å². The van der Waals surface area contributed by atoms with E-state index in [2.05, 4.69) is 37.2 Å². The van der Waals surface area contributed by atoms with E-state index in [1.165, 1.54) is 0 Å². The number of aryl methyl sites for hydroxylation is 1. The van der Waals surface area contributed by atoms with Crippen molar-refractivity contribution in [3.8, 4) is 0 Å². The van der Waals surface area contributed by atoms with E-state index in [-0.39, 0.29) is 5.91 Å². The zero-order valence-electron chi connectivity index (χ0n) is 11.7. The van der Waals surface area contributed by atoms with Gasteiger partial charge in [-0.25, -0.2) is 0 Å². The van der Waals surface area contributed by atoms with Crippen LogP contribution in [0.3, 0.4) is 0 Å². The van der Waals surface area contributed by atoms with E-state index < -0.39 is 0 Å². The molecule has 1 amide bonds. The summed E-state index contributed by atoms with van der Waals surface area (Å²) in [6.07, 6.45) is 0. The van der Waals surface area contributed by atoms with Crippen LogP contribution in [0.2, 0.25) is 0 Å². The minimum atomic E-state index is -0.138. The van der Waals surface area contributed by atoms with Gasteiger partial charge in [0.2, 0.25) is 0 Å². The molecule has 2 aromatic rings. The van der Waals surface area contributed by atoms with E-state index in [0.29, 0.717) is 12.2 Å². The summed E-state index contributed by atoms with van der Waals surface area (Å²) in [4.78, 5) is 12.4. The second kappa shape index (κ2) is 7.20. The highest BCUT2D eigenvalue weighted by molar-refractivity contribution is 9.10. The van der Waals surface area contributed by atoms with Gasteiger partial charge in [-0.15, -0.1) is 0 Å². The largest absolute Gasteiger partial charge is 0.380 e. The molecule has 3 nitrogen and oxygen atoms in total. The molecule has 21 heavy (non-hydrogen) atoms. The molecule has 1 N–H and O–H groups in total. The van der Waals surface area contributed by atoms with Gasteiger partial charge in [0.15, 0.2) is 0 Å². The molecule has 0 aliphatic heterocycles. The molecule has 110 valence electrons. The van der Waals surface area contributed by atoms with Gasteiger partial charge in [0, 0.05) is 32.9 Å². The van der Waals surface area contributed by atoms with Gasteiger partial charge in [-0.1, -0.05) is 37.9 Å². The summed E-state index contributed by atoms with van der Waals surface area (Å²) in [7, 11) is 1.63. The highest BCUT2D eigenvalue weighted by atomic mass is 79.9. The number of benzene rings is 2. The smallest absolute Gasteiger partial charge is 0.255 e. The molecule has 0 heterocycles. The molecule has 0 spiro atoms. The lowest BCUT2D eigenvalue weighted by atomic mass is 10.1. The maximum absolute atomic E-state index is 12.4. The topological polar surface area (TPSA) is 38.3 Å². The molecule has 0 aliphatic rings. The van der Waals surface area contributed by atoms with Gasteiger partial charge in [0.1, 0.15) is 0 Å². The molecule has 2 rings (SSSR count). The highest BCUT2D eigenvalue weighted by Gasteiger charge is 2.12. The summed E-state index contributed by atoms with van der Waals surface area (Å²) in [6, 6.07) is 11.2. The lowest BCUT2D eigenvalue weighted by Crippen LogP contribution is -2.14. The van der Waals surface area contributed by atoms with E-state index >= 15 is 0 Å². The number of amides is 1. The quantitative estimate of drug-likeness (QED) is 0.773. The SMILES string of the molecule is COCc1c(Br)cccc1NC(=O)c1ccc(Br)c(C)c1. The number of hydrogen-bond acceptors (Lipinski definition) is 2. The van der Waals surface area contributed by atoms with Crippen LogP contribution < -0.4 is 5.32 Å². The Morgan fingerprint density at radius 3 is 2.62 bits per heavy atom. The van der Waals surface area contributed by atoms with Gasteiger partial charge in [0.05, 0.1) is 6.61 Å².